The van der Waals surface area contributed by atoms with E-state index in [1.54, 1.807) is 33.1 Å². The van der Waals surface area contributed by atoms with Crippen LogP contribution in [0.15, 0.2) is 24.3 Å². The number of benzene rings is 1. The topological polar surface area (TPSA) is 115 Å². The number of methoxy groups -OCH3 is 1. The van der Waals surface area contributed by atoms with E-state index in [1.165, 1.54) is 0 Å². The van der Waals surface area contributed by atoms with E-state index >= 15 is 0 Å². The van der Waals surface area contributed by atoms with Crippen molar-refractivity contribution in [1.82, 2.24) is 10.6 Å². The van der Waals surface area contributed by atoms with Crippen molar-refractivity contribution in [3.05, 3.63) is 29.8 Å². The Labute approximate surface area is 209 Å². The molecule has 0 heterocycles. The van der Waals surface area contributed by atoms with Gasteiger partial charge in [0.05, 0.1) is 31.8 Å². The first-order valence-electron chi connectivity index (χ1n) is 12.4. The standard InChI is InChI=1S/C26H43N3O6/c1-19(2)26(32)35-18-21-9-11-22(12-10-21)29-25(31)23(28-20(3)4)8-6-7-14-27-24(30)13-15-34-17-16-33-5/h9-12,19-20,23,28H,6-8,13-18H2,1-5H3,(H,27,30)(H,29,31)/t23-/m0/s1. The molecule has 0 radical (unpaired) electrons. The van der Waals surface area contributed by atoms with Gasteiger partial charge in [-0.1, -0.05) is 39.8 Å². The van der Waals surface area contributed by atoms with Crippen LogP contribution >= 0.6 is 0 Å². The van der Waals surface area contributed by atoms with E-state index in [4.69, 9.17) is 14.2 Å². The fourth-order valence-electron chi connectivity index (χ4n) is 3.13. The normalized spacial score (nSPS) is 12.0. The summed E-state index contributed by atoms with van der Waals surface area (Å²) in [5, 5.41) is 9.15. The molecule has 0 bridgehead atoms. The van der Waals surface area contributed by atoms with Gasteiger partial charge in [-0.3, -0.25) is 14.4 Å². The molecule has 2 amide bonds. The molecule has 0 spiro atoms. The summed E-state index contributed by atoms with van der Waals surface area (Å²) in [6, 6.07) is 7.08. The largest absolute Gasteiger partial charge is 0.461 e. The molecule has 35 heavy (non-hydrogen) atoms. The summed E-state index contributed by atoms with van der Waals surface area (Å²) in [4.78, 5) is 36.3. The van der Waals surface area contributed by atoms with E-state index < -0.39 is 0 Å². The third kappa shape index (κ3) is 14.5. The molecule has 0 aromatic heterocycles. The van der Waals surface area contributed by atoms with E-state index in [0.717, 1.165) is 18.4 Å². The van der Waals surface area contributed by atoms with Gasteiger partial charge < -0.3 is 30.2 Å². The Kier molecular flexibility index (Phi) is 15.6. The van der Waals surface area contributed by atoms with Gasteiger partial charge in [-0.2, -0.15) is 0 Å². The number of hydrogen-bond donors (Lipinski definition) is 3. The third-order valence-corrected chi connectivity index (χ3v) is 5.07. The number of anilines is 1. The molecule has 9 nitrogen and oxygen atoms in total. The second-order valence-electron chi connectivity index (χ2n) is 9.02. The molecule has 0 aliphatic heterocycles. The number of nitrogens with one attached hydrogen (secondary N) is 3. The van der Waals surface area contributed by atoms with Crippen LogP contribution < -0.4 is 16.0 Å². The summed E-state index contributed by atoms with van der Waals surface area (Å²) in [7, 11) is 1.61. The van der Waals surface area contributed by atoms with Crippen LogP contribution in [0.5, 0.6) is 0 Å². The molecular weight excluding hydrogens is 450 g/mol. The van der Waals surface area contributed by atoms with Crippen LogP contribution in [0.4, 0.5) is 5.69 Å². The Morgan fingerprint density at radius 2 is 1.66 bits per heavy atom. The van der Waals surface area contributed by atoms with Crippen molar-refractivity contribution in [3.63, 3.8) is 0 Å². The highest BCUT2D eigenvalue weighted by molar-refractivity contribution is 5.94. The predicted octanol–water partition coefficient (Wildman–Crippen LogP) is 3.03. The molecule has 0 saturated heterocycles. The first-order chi connectivity index (χ1) is 16.7. The predicted molar refractivity (Wildman–Crippen MR) is 136 cm³/mol. The van der Waals surface area contributed by atoms with Crippen LogP contribution in [-0.2, 0) is 35.2 Å². The monoisotopic (exact) mass is 493 g/mol. The summed E-state index contributed by atoms with van der Waals surface area (Å²) < 4.78 is 15.4. The lowest BCUT2D eigenvalue weighted by Gasteiger charge is -2.21. The molecule has 198 valence electrons. The fourth-order valence-corrected chi connectivity index (χ4v) is 3.13. The molecule has 1 aromatic carbocycles. The van der Waals surface area contributed by atoms with Crippen LogP contribution in [-0.4, -0.2) is 63.3 Å². The van der Waals surface area contributed by atoms with Crippen molar-refractivity contribution in [2.45, 2.75) is 72.1 Å². The number of carbonyl (C=O) groups excluding carboxylic acids is 3. The number of esters is 1. The van der Waals surface area contributed by atoms with Crippen LogP contribution in [0.25, 0.3) is 0 Å². The van der Waals surface area contributed by atoms with Crippen LogP contribution in [0.2, 0.25) is 0 Å². The highest BCUT2D eigenvalue weighted by Crippen LogP contribution is 2.13. The molecule has 0 fully saturated rings. The molecule has 0 aliphatic carbocycles. The highest BCUT2D eigenvalue weighted by Gasteiger charge is 2.19. The van der Waals surface area contributed by atoms with Crippen molar-refractivity contribution in [3.8, 4) is 0 Å². The number of ether oxygens (including phenoxy) is 3. The van der Waals surface area contributed by atoms with Gasteiger partial charge in [-0.25, -0.2) is 0 Å². The summed E-state index contributed by atoms with van der Waals surface area (Å²) in [5.41, 5.74) is 1.54. The first-order valence-corrected chi connectivity index (χ1v) is 12.4. The van der Waals surface area contributed by atoms with Crippen LogP contribution in [0.3, 0.4) is 0 Å². The fraction of sp³-hybridized carbons (Fsp3) is 0.654. The van der Waals surface area contributed by atoms with Gasteiger partial charge in [0.2, 0.25) is 11.8 Å². The number of hydrogen-bond acceptors (Lipinski definition) is 7. The zero-order chi connectivity index (χ0) is 26.1. The van der Waals surface area contributed by atoms with Crippen molar-refractivity contribution in [2.24, 2.45) is 5.92 Å². The Morgan fingerprint density at radius 3 is 2.29 bits per heavy atom. The first kappa shape index (κ1) is 30.5. The minimum atomic E-state index is -0.341. The zero-order valence-electron chi connectivity index (χ0n) is 21.9. The van der Waals surface area contributed by atoms with Crippen molar-refractivity contribution >= 4 is 23.5 Å². The molecule has 0 unspecified atom stereocenters. The van der Waals surface area contributed by atoms with Gasteiger partial charge >= 0.3 is 5.97 Å². The van der Waals surface area contributed by atoms with E-state index in [1.807, 2.05) is 26.0 Å². The smallest absolute Gasteiger partial charge is 0.308 e. The molecule has 0 saturated carbocycles. The maximum absolute atomic E-state index is 12.9. The third-order valence-electron chi connectivity index (χ3n) is 5.07. The zero-order valence-corrected chi connectivity index (χ0v) is 21.9. The quantitative estimate of drug-likeness (QED) is 0.213. The summed E-state index contributed by atoms with van der Waals surface area (Å²) >= 11 is 0. The van der Waals surface area contributed by atoms with Crippen LogP contribution in [0.1, 0.15) is 58.9 Å². The van der Waals surface area contributed by atoms with Gasteiger partial charge in [0, 0.05) is 31.8 Å². The Hall–Kier alpha value is -2.49. The summed E-state index contributed by atoms with van der Waals surface area (Å²) in [5.74, 6) is -0.549. The summed E-state index contributed by atoms with van der Waals surface area (Å²) in [6.45, 7) is 9.73. The number of unbranched alkanes of at least 4 members (excludes halogenated alkanes) is 1. The van der Waals surface area contributed by atoms with Gasteiger partial charge in [0.1, 0.15) is 6.61 Å². The Morgan fingerprint density at radius 1 is 0.943 bits per heavy atom. The van der Waals surface area contributed by atoms with E-state index in [-0.39, 0.29) is 42.4 Å². The number of carbonyl (C=O) groups is 3. The average Bonchev–Trinajstić information content (AvgIpc) is 2.81. The van der Waals surface area contributed by atoms with Gasteiger partial charge in [-0.15, -0.1) is 0 Å². The SMILES string of the molecule is COCCOCCC(=O)NCCCC[C@H](NC(C)C)C(=O)Nc1ccc(COC(=O)C(C)C)cc1. The van der Waals surface area contributed by atoms with E-state index in [9.17, 15) is 14.4 Å². The second-order valence-corrected chi connectivity index (χ2v) is 9.02. The second kappa shape index (κ2) is 17.9. The Bertz CT molecular complexity index is 752. The minimum Gasteiger partial charge on any atom is -0.461 e. The molecule has 1 aromatic rings. The van der Waals surface area contributed by atoms with E-state index in [0.29, 0.717) is 44.9 Å². The highest BCUT2D eigenvalue weighted by atomic mass is 16.5. The lowest BCUT2D eigenvalue weighted by molar-refractivity contribution is -0.148. The van der Waals surface area contributed by atoms with Crippen molar-refractivity contribution in [1.29, 1.82) is 0 Å². The number of amides is 2. The van der Waals surface area contributed by atoms with Crippen molar-refractivity contribution < 1.29 is 28.6 Å². The maximum atomic E-state index is 12.9. The molecule has 0 aliphatic rings. The molecule has 3 N–H and O–H groups in total. The van der Waals surface area contributed by atoms with E-state index in [2.05, 4.69) is 16.0 Å². The minimum absolute atomic E-state index is 0.0422. The van der Waals surface area contributed by atoms with Gasteiger partial charge in [0.15, 0.2) is 0 Å². The lowest BCUT2D eigenvalue weighted by atomic mass is 10.1. The van der Waals surface area contributed by atoms with Crippen LogP contribution in [0, 0.1) is 5.92 Å². The molecule has 1 atom stereocenters. The summed E-state index contributed by atoms with van der Waals surface area (Å²) in [6.07, 6.45) is 2.55. The lowest BCUT2D eigenvalue weighted by Crippen LogP contribution is -2.44. The average molecular weight is 494 g/mol. The molecule has 9 heteroatoms. The van der Waals surface area contributed by atoms with Gasteiger partial charge in [0.25, 0.3) is 0 Å². The van der Waals surface area contributed by atoms with Gasteiger partial charge in [-0.05, 0) is 37.0 Å². The Balaban J connectivity index is 2.39. The molecular formula is C26H43N3O6. The molecule has 1 rings (SSSR count). The van der Waals surface area contributed by atoms with Crippen molar-refractivity contribution in [2.75, 3.05) is 38.8 Å². The maximum Gasteiger partial charge on any atom is 0.308 e. The number of rotatable bonds is 18.